The van der Waals surface area contributed by atoms with Gasteiger partial charge in [-0.3, -0.25) is 4.79 Å². The molecule has 0 aliphatic carbocycles. The number of nitrogens with zero attached hydrogens (tertiary/aromatic N) is 7. The van der Waals surface area contributed by atoms with E-state index < -0.39 is 0 Å². The summed E-state index contributed by atoms with van der Waals surface area (Å²) in [5.41, 5.74) is 1.02. The van der Waals surface area contributed by atoms with Gasteiger partial charge in [0.1, 0.15) is 12.3 Å². The number of carbonyl (C=O) groups is 1. The highest BCUT2D eigenvalue weighted by Crippen LogP contribution is 2.29. The number of hydrogen-bond acceptors (Lipinski definition) is 8. The number of para-hydroxylation sites is 1. The minimum absolute atomic E-state index is 0.0199. The molecule has 1 amide bonds. The average Bonchev–Trinajstić information content (AvgIpc) is 3.47. The Morgan fingerprint density at radius 2 is 1.97 bits per heavy atom. The lowest BCUT2D eigenvalue weighted by atomic mass is 10.3. The van der Waals surface area contributed by atoms with Crippen molar-refractivity contribution >= 4 is 32.6 Å². The fourth-order valence-corrected chi connectivity index (χ4v) is 4.34. The Morgan fingerprint density at radius 3 is 2.72 bits per heavy atom. The smallest absolute Gasteiger partial charge is 0.246 e. The second-order valence-electron chi connectivity index (χ2n) is 6.89. The van der Waals surface area contributed by atoms with Crippen LogP contribution in [0.15, 0.2) is 40.8 Å². The number of piperazine rings is 1. The van der Waals surface area contributed by atoms with E-state index in [9.17, 15) is 4.79 Å². The van der Waals surface area contributed by atoms with Gasteiger partial charge in [0.2, 0.25) is 11.7 Å². The van der Waals surface area contributed by atoms with Gasteiger partial charge >= 0.3 is 0 Å². The number of fused-ring (bicyclic) bond motifs is 1. The number of aryl methyl sites for hydroxylation is 1. The summed E-state index contributed by atoms with van der Waals surface area (Å²) in [7, 11) is 0. The van der Waals surface area contributed by atoms with Gasteiger partial charge < -0.3 is 14.2 Å². The van der Waals surface area contributed by atoms with Gasteiger partial charge in [0, 0.05) is 26.2 Å². The molecule has 4 heterocycles. The molecule has 0 atom stereocenters. The van der Waals surface area contributed by atoms with E-state index in [1.165, 1.54) is 9.50 Å². The zero-order chi connectivity index (χ0) is 19.8. The fraction of sp³-hybridized carbons (Fsp3) is 0.316. The van der Waals surface area contributed by atoms with Gasteiger partial charge in [-0.2, -0.15) is 4.80 Å². The maximum absolute atomic E-state index is 12.6. The predicted molar refractivity (Wildman–Crippen MR) is 109 cm³/mol. The van der Waals surface area contributed by atoms with E-state index in [-0.39, 0.29) is 12.5 Å². The summed E-state index contributed by atoms with van der Waals surface area (Å²) in [4.78, 5) is 22.7. The highest BCUT2D eigenvalue weighted by molar-refractivity contribution is 7.22. The molecule has 148 valence electrons. The van der Waals surface area contributed by atoms with Crippen LogP contribution in [0, 0.1) is 6.92 Å². The number of rotatable bonds is 4. The molecule has 1 aliphatic heterocycles. The first-order valence-corrected chi connectivity index (χ1v) is 10.2. The van der Waals surface area contributed by atoms with Crippen LogP contribution in [0.3, 0.4) is 0 Å². The Hall–Kier alpha value is -3.27. The Labute approximate surface area is 170 Å². The van der Waals surface area contributed by atoms with Crippen LogP contribution < -0.4 is 4.90 Å². The molecule has 29 heavy (non-hydrogen) atoms. The molecule has 0 saturated carbocycles. The van der Waals surface area contributed by atoms with Gasteiger partial charge in [-0.25, -0.2) is 4.98 Å². The van der Waals surface area contributed by atoms with Crippen LogP contribution in [0.5, 0.6) is 0 Å². The lowest BCUT2D eigenvalue weighted by Gasteiger charge is -2.34. The number of furan rings is 1. The molecule has 4 aromatic rings. The number of tetrazole rings is 1. The summed E-state index contributed by atoms with van der Waals surface area (Å²) in [5.74, 6) is 1.68. The third-order valence-corrected chi connectivity index (χ3v) is 5.97. The van der Waals surface area contributed by atoms with E-state index in [0.717, 1.165) is 29.5 Å². The minimum Gasteiger partial charge on any atom is -0.458 e. The second kappa shape index (κ2) is 7.28. The average molecular weight is 409 g/mol. The number of hydrogen-bond donors (Lipinski definition) is 0. The molecule has 0 N–H and O–H groups in total. The van der Waals surface area contributed by atoms with Crippen molar-refractivity contribution in [3.05, 3.63) is 42.2 Å². The molecule has 0 spiro atoms. The molecule has 0 unspecified atom stereocenters. The van der Waals surface area contributed by atoms with Crippen LogP contribution in [0.2, 0.25) is 0 Å². The first-order valence-electron chi connectivity index (χ1n) is 9.38. The van der Waals surface area contributed by atoms with Gasteiger partial charge in [0.15, 0.2) is 10.9 Å². The van der Waals surface area contributed by atoms with Crippen molar-refractivity contribution in [2.24, 2.45) is 0 Å². The van der Waals surface area contributed by atoms with Gasteiger partial charge in [-0.05, 0) is 36.4 Å². The predicted octanol–water partition coefficient (Wildman–Crippen LogP) is 2.20. The number of benzene rings is 1. The number of anilines is 1. The molecule has 3 aromatic heterocycles. The van der Waals surface area contributed by atoms with Crippen molar-refractivity contribution in [1.82, 2.24) is 30.1 Å². The normalized spacial score (nSPS) is 14.7. The first kappa shape index (κ1) is 17.8. The fourth-order valence-electron chi connectivity index (χ4n) is 3.33. The summed E-state index contributed by atoms with van der Waals surface area (Å²) in [6, 6.07) is 11.8. The third kappa shape index (κ3) is 3.58. The molecule has 1 fully saturated rings. The molecule has 1 saturated heterocycles. The topological polar surface area (TPSA) is 93.2 Å². The largest absolute Gasteiger partial charge is 0.458 e. The Balaban J connectivity index is 1.20. The van der Waals surface area contributed by atoms with Crippen molar-refractivity contribution in [1.29, 1.82) is 0 Å². The first-order chi connectivity index (χ1) is 14.2. The van der Waals surface area contributed by atoms with E-state index in [0.29, 0.717) is 24.7 Å². The van der Waals surface area contributed by atoms with Crippen LogP contribution in [0.1, 0.15) is 5.76 Å². The molecular formula is C19H19N7O2S. The van der Waals surface area contributed by atoms with Crippen molar-refractivity contribution < 1.29 is 9.21 Å². The van der Waals surface area contributed by atoms with Crippen LogP contribution in [-0.2, 0) is 11.3 Å². The molecule has 5 rings (SSSR count). The van der Waals surface area contributed by atoms with Gasteiger partial charge in [-0.15, -0.1) is 10.2 Å². The van der Waals surface area contributed by atoms with E-state index in [1.54, 1.807) is 17.4 Å². The Bertz CT molecular complexity index is 1120. The quantitative estimate of drug-likeness (QED) is 0.510. The summed E-state index contributed by atoms with van der Waals surface area (Å²) < 4.78 is 6.68. The standard InChI is InChI=1S/C19H19N7O2S/c1-13-6-7-15(28-13)18-21-23-26(22-18)12-17(27)24-8-10-25(11-9-24)19-20-14-4-2-3-5-16(14)29-19/h2-7H,8-12H2,1H3. The summed E-state index contributed by atoms with van der Waals surface area (Å²) >= 11 is 1.69. The molecule has 10 heteroatoms. The van der Waals surface area contributed by atoms with E-state index in [4.69, 9.17) is 9.40 Å². The van der Waals surface area contributed by atoms with Gasteiger partial charge in [0.25, 0.3) is 0 Å². The highest BCUT2D eigenvalue weighted by atomic mass is 32.1. The van der Waals surface area contributed by atoms with Crippen molar-refractivity contribution in [2.75, 3.05) is 31.1 Å². The van der Waals surface area contributed by atoms with E-state index >= 15 is 0 Å². The number of thiazole rings is 1. The van der Waals surface area contributed by atoms with Crippen LogP contribution in [0.25, 0.3) is 21.8 Å². The maximum Gasteiger partial charge on any atom is 0.246 e. The summed E-state index contributed by atoms with van der Waals surface area (Å²) in [5, 5.41) is 13.2. The van der Waals surface area contributed by atoms with E-state index in [2.05, 4.69) is 26.4 Å². The number of aromatic nitrogens is 5. The zero-order valence-corrected chi connectivity index (χ0v) is 16.7. The molecule has 0 radical (unpaired) electrons. The third-order valence-electron chi connectivity index (χ3n) is 4.88. The molecule has 1 aliphatic rings. The van der Waals surface area contributed by atoms with Crippen molar-refractivity contribution in [2.45, 2.75) is 13.5 Å². The minimum atomic E-state index is -0.0199. The number of carbonyl (C=O) groups excluding carboxylic acids is 1. The van der Waals surface area contributed by atoms with Gasteiger partial charge in [0.05, 0.1) is 10.2 Å². The Kier molecular flexibility index (Phi) is 4.47. The van der Waals surface area contributed by atoms with Gasteiger partial charge in [-0.1, -0.05) is 23.5 Å². The molecular weight excluding hydrogens is 390 g/mol. The zero-order valence-electron chi connectivity index (χ0n) is 15.9. The van der Waals surface area contributed by atoms with Crippen LogP contribution >= 0.6 is 11.3 Å². The lowest BCUT2D eigenvalue weighted by Crippen LogP contribution is -2.49. The molecule has 9 nitrogen and oxygen atoms in total. The van der Waals surface area contributed by atoms with Crippen molar-refractivity contribution in [3.63, 3.8) is 0 Å². The summed E-state index contributed by atoms with van der Waals surface area (Å²) in [6.07, 6.45) is 0. The highest BCUT2D eigenvalue weighted by Gasteiger charge is 2.24. The molecule has 1 aromatic carbocycles. The monoisotopic (exact) mass is 409 g/mol. The molecule has 0 bridgehead atoms. The van der Waals surface area contributed by atoms with Crippen molar-refractivity contribution in [3.8, 4) is 11.6 Å². The van der Waals surface area contributed by atoms with E-state index in [1.807, 2.05) is 36.1 Å². The van der Waals surface area contributed by atoms with Crippen LogP contribution in [0.4, 0.5) is 5.13 Å². The lowest BCUT2D eigenvalue weighted by molar-refractivity contribution is -0.132. The second-order valence-corrected chi connectivity index (χ2v) is 7.89. The maximum atomic E-state index is 12.6. The summed E-state index contributed by atoms with van der Waals surface area (Å²) in [6.45, 7) is 4.72. The number of amides is 1. The SMILES string of the molecule is Cc1ccc(-c2nnn(CC(=O)N3CCN(c4nc5ccccc5s4)CC3)n2)o1. The van der Waals surface area contributed by atoms with Crippen LogP contribution in [-0.4, -0.2) is 62.2 Å². The Morgan fingerprint density at radius 1 is 1.14 bits per heavy atom.